The quantitative estimate of drug-likeness (QED) is 0.368. The van der Waals surface area contributed by atoms with Gasteiger partial charge in [0.2, 0.25) is 5.69 Å². The van der Waals surface area contributed by atoms with Crippen LogP contribution in [0.15, 0.2) is 24.4 Å². The van der Waals surface area contributed by atoms with E-state index in [1.807, 2.05) is 0 Å². The van der Waals surface area contributed by atoms with E-state index in [1.165, 1.54) is 12.3 Å². The molecule has 11 heavy (non-hydrogen) atoms. The van der Waals surface area contributed by atoms with Crippen LogP contribution < -0.4 is 4.73 Å². The third-order valence-electron chi connectivity index (χ3n) is 1.11. The molecule has 1 heterocycles. The van der Waals surface area contributed by atoms with Crippen LogP contribution in [0.4, 0.5) is 0 Å². The Hall–Kier alpha value is -0.180. The first-order valence-electron chi connectivity index (χ1n) is 2.77. The monoisotopic (exact) mass is 211 g/mol. The smallest absolute Gasteiger partial charge is 0.276 e. The van der Waals surface area contributed by atoms with Gasteiger partial charge >= 0.3 is 0 Å². The van der Waals surface area contributed by atoms with Crippen LogP contribution in [0.5, 0.6) is 0 Å². The fourth-order valence-electron chi connectivity index (χ4n) is 0.648. The molecular weight excluding hydrogens is 208 g/mol. The van der Waals surface area contributed by atoms with Crippen molar-refractivity contribution in [1.29, 1.82) is 0 Å². The standard InChI is InChI=1S/C6H4Cl3NO/c7-6(8,9)5-3-1-2-4-10(5)11/h1-4H. The molecule has 2 nitrogen and oxygen atoms in total. The van der Waals surface area contributed by atoms with Crippen LogP contribution in [0.3, 0.4) is 0 Å². The van der Waals surface area contributed by atoms with E-state index in [4.69, 9.17) is 34.8 Å². The normalized spacial score (nSPS) is 11.5. The van der Waals surface area contributed by atoms with E-state index in [2.05, 4.69) is 0 Å². The zero-order chi connectivity index (χ0) is 8.48. The van der Waals surface area contributed by atoms with Crippen LogP contribution in [0.25, 0.3) is 0 Å². The van der Waals surface area contributed by atoms with Gasteiger partial charge in [-0.25, -0.2) is 0 Å². The molecule has 0 aliphatic carbocycles. The van der Waals surface area contributed by atoms with Gasteiger partial charge in [-0.05, 0) is 6.07 Å². The molecule has 0 atom stereocenters. The van der Waals surface area contributed by atoms with Gasteiger partial charge in [0.25, 0.3) is 3.79 Å². The van der Waals surface area contributed by atoms with Crippen molar-refractivity contribution in [3.63, 3.8) is 0 Å². The second kappa shape index (κ2) is 3.05. The molecule has 0 aliphatic heterocycles. The minimum atomic E-state index is -1.65. The Morgan fingerprint density at radius 1 is 1.27 bits per heavy atom. The third kappa shape index (κ3) is 2.12. The van der Waals surface area contributed by atoms with Gasteiger partial charge in [0.05, 0.1) is 0 Å². The second-order valence-corrected chi connectivity index (χ2v) is 4.19. The maximum Gasteiger partial charge on any atom is 0.276 e. The Bertz CT molecular complexity index is 258. The van der Waals surface area contributed by atoms with E-state index >= 15 is 0 Å². The Balaban J connectivity index is 3.14. The number of pyridine rings is 1. The Morgan fingerprint density at radius 2 is 1.91 bits per heavy atom. The van der Waals surface area contributed by atoms with Crippen LogP contribution in [0.2, 0.25) is 0 Å². The molecule has 0 spiro atoms. The predicted molar refractivity (Wildman–Crippen MR) is 44.6 cm³/mol. The molecule has 0 saturated heterocycles. The molecular formula is C6H4Cl3NO. The lowest BCUT2D eigenvalue weighted by Gasteiger charge is -2.09. The molecule has 0 N–H and O–H groups in total. The topological polar surface area (TPSA) is 26.9 Å². The van der Waals surface area contributed by atoms with Crippen LogP contribution in [-0.4, -0.2) is 0 Å². The Kier molecular flexibility index (Phi) is 2.47. The fraction of sp³-hybridized carbons (Fsp3) is 0.167. The molecule has 0 amide bonds. The number of aromatic nitrogens is 1. The first-order chi connectivity index (χ1) is 5.02. The van der Waals surface area contributed by atoms with Gasteiger partial charge in [-0.15, -0.1) is 0 Å². The zero-order valence-electron chi connectivity index (χ0n) is 5.30. The highest BCUT2D eigenvalue weighted by molar-refractivity contribution is 6.66. The molecule has 1 aromatic heterocycles. The van der Waals surface area contributed by atoms with E-state index in [0.717, 1.165) is 0 Å². The van der Waals surface area contributed by atoms with Gasteiger partial charge in [-0.3, -0.25) is 0 Å². The van der Waals surface area contributed by atoms with Crippen molar-refractivity contribution in [1.82, 2.24) is 0 Å². The van der Waals surface area contributed by atoms with Crippen molar-refractivity contribution >= 4 is 34.8 Å². The molecule has 0 aliphatic rings. The first kappa shape index (κ1) is 8.91. The summed E-state index contributed by atoms with van der Waals surface area (Å²) in [5, 5.41) is 10.9. The number of nitrogens with zero attached hydrogens (tertiary/aromatic N) is 1. The number of halogens is 3. The summed E-state index contributed by atoms with van der Waals surface area (Å²) in [6.45, 7) is 0. The Morgan fingerprint density at radius 3 is 2.27 bits per heavy atom. The maximum atomic E-state index is 10.9. The average molecular weight is 212 g/mol. The molecule has 0 radical (unpaired) electrons. The van der Waals surface area contributed by atoms with Gasteiger partial charge < -0.3 is 5.21 Å². The highest BCUT2D eigenvalue weighted by atomic mass is 35.6. The summed E-state index contributed by atoms with van der Waals surface area (Å²) in [5.41, 5.74) is 0.102. The molecule has 1 aromatic rings. The van der Waals surface area contributed by atoms with Gasteiger partial charge in [-0.2, -0.15) is 4.73 Å². The van der Waals surface area contributed by atoms with Crippen molar-refractivity contribution < 1.29 is 4.73 Å². The SMILES string of the molecule is [O-][n+]1ccccc1C(Cl)(Cl)Cl. The van der Waals surface area contributed by atoms with Gasteiger partial charge in [0, 0.05) is 12.1 Å². The van der Waals surface area contributed by atoms with E-state index < -0.39 is 3.79 Å². The highest BCUT2D eigenvalue weighted by Crippen LogP contribution is 2.35. The largest absolute Gasteiger partial charge is 0.618 e. The Labute approximate surface area is 78.9 Å². The van der Waals surface area contributed by atoms with Crippen LogP contribution >= 0.6 is 34.8 Å². The molecule has 0 aromatic carbocycles. The molecule has 0 bridgehead atoms. The van der Waals surface area contributed by atoms with E-state index in [0.29, 0.717) is 4.73 Å². The maximum absolute atomic E-state index is 10.9. The lowest BCUT2D eigenvalue weighted by atomic mass is 10.4. The van der Waals surface area contributed by atoms with Crippen molar-refractivity contribution in [3.8, 4) is 0 Å². The van der Waals surface area contributed by atoms with E-state index in [9.17, 15) is 5.21 Å². The van der Waals surface area contributed by atoms with E-state index in [-0.39, 0.29) is 5.69 Å². The molecule has 0 unspecified atom stereocenters. The lowest BCUT2D eigenvalue weighted by Crippen LogP contribution is -2.34. The number of hydrogen-bond donors (Lipinski definition) is 0. The minimum absolute atomic E-state index is 0.102. The van der Waals surface area contributed by atoms with Crippen molar-refractivity contribution in [2.75, 3.05) is 0 Å². The number of alkyl halides is 3. The number of hydrogen-bond acceptors (Lipinski definition) is 1. The summed E-state index contributed by atoms with van der Waals surface area (Å²) in [4.78, 5) is 0. The summed E-state index contributed by atoms with van der Waals surface area (Å²) >= 11 is 16.4. The third-order valence-corrected chi connectivity index (χ3v) is 1.70. The lowest BCUT2D eigenvalue weighted by molar-refractivity contribution is -0.614. The van der Waals surface area contributed by atoms with Crippen molar-refractivity contribution in [2.45, 2.75) is 3.79 Å². The zero-order valence-corrected chi connectivity index (χ0v) is 7.57. The highest BCUT2D eigenvalue weighted by Gasteiger charge is 2.30. The molecule has 1 rings (SSSR count). The number of rotatable bonds is 0. The summed E-state index contributed by atoms with van der Waals surface area (Å²) in [6, 6.07) is 4.65. The van der Waals surface area contributed by atoms with Crippen LogP contribution in [0.1, 0.15) is 5.69 Å². The second-order valence-electron chi connectivity index (χ2n) is 1.91. The van der Waals surface area contributed by atoms with Crippen molar-refractivity contribution in [2.24, 2.45) is 0 Å². The van der Waals surface area contributed by atoms with Crippen LogP contribution in [0, 0.1) is 5.21 Å². The molecule has 0 saturated carbocycles. The minimum Gasteiger partial charge on any atom is -0.618 e. The van der Waals surface area contributed by atoms with Gasteiger partial charge in [0.15, 0.2) is 6.20 Å². The first-order valence-corrected chi connectivity index (χ1v) is 3.90. The molecule has 60 valence electrons. The van der Waals surface area contributed by atoms with Gasteiger partial charge in [0.1, 0.15) is 0 Å². The summed E-state index contributed by atoms with van der Waals surface area (Å²) in [7, 11) is 0. The predicted octanol–water partition coefficient (Wildman–Crippen LogP) is 2.15. The molecule has 5 heteroatoms. The molecule has 0 fully saturated rings. The summed E-state index contributed by atoms with van der Waals surface area (Å²) < 4.78 is -1.13. The summed E-state index contributed by atoms with van der Waals surface area (Å²) in [5.74, 6) is 0. The van der Waals surface area contributed by atoms with Crippen molar-refractivity contribution in [3.05, 3.63) is 35.3 Å². The van der Waals surface area contributed by atoms with E-state index in [1.54, 1.807) is 12.1 Å². The van der Waals surface area contributed by atoms with Gasteiger partial charge in [-0.1, -0.05) is 34.8 Å². The fourth-order valence-corrected chi connectivity index (χ4v) is 1.09. The van der Waals surface area contributed by atoms with Crippen LogP contribution in [-0.2, 0) is 3.79 Å². The summed E-state index contributed by atoms with van der Waals surface area (Å²) in [6.07, 6.45) is 1.28. The average Bonchev–Trinajstić information content (AvgIpc) is 1.86.